The molecule has 2 aromatic heterocycles. The number of aliphatic hydroxyl groups is 4. The molecular weight excluding hydrogens is 1700 g/mol. The monoisotopic (exact) mass is 1820 g/mol. The number of carboxylic acid groups (broad SMARTS) is 1. The van der Waals surface area contributed by atoms with Crippen LogP contribution in [0.4, 0.5) is 4.39 Å². The van der Waals surface area contributed by atoms with Crippen molar-refractivity contribution in [2.75, 3.05) is 92.3 Å². The molecule has 0 aliphatic rings. The van der Waals surface area contributed by atoms with Crippen molar-refractivity contribution >= 4 is 76.9 Å². The highest BCUT2D eigenvalue weighted by atomic mass is 19.1. The summed E-state index contributed by atoms with van der Waals surface area (Å²) in [6.07, 6.45) is -0.473. The van der Waals surface area contributed by atoms with E-state index < -0.39 is 175 Å². The van der Waals surface area contributed by atoms with Crippen molar-refractivity contribution in [1.82, 2.24) is 89.1 Å². The topological polar surface area (TPSA) is 659 Å². The maximum absolute atomic E-state index is 15.6. The van der Waals surface area contributed by atoms with E-state index in [9.17, 15) is 82.8 Å². The smallest absolute Gasteiger partial charge is 0.305 e. The zero-order chi connectivity index (χ0) is 95.1. The Kier molecular flexibility index (Phi) is 45.3. The van der Waals surface area contributed by atoms with Gasteiger partial charge in [-0.15, -0.1) is 10.2 Å². The Balaban J connectivity index is 1.14. The number of imidazole rings is 1. The number of azide groups is 1. The number of carbonyl (C=O) groups is 13. The van der Waals surface area contributed by atoms with Gasteiger partial charge in [-0.25, -0.2) is 9.37 Å². The number of aromatic nitrogens is 6. The van der Waals surface area contributed by atoms with E-state index in [1.54, 1.807) is 36.5 Å². The summed E-state index contributed by atoms with van der Waals surface area (Å²) in [6.45, 7) is 8.81. The molecule has 10 atom stereocenters. The van der Waals surface area contributed by atoms with E-state index in [1.165, 1.54) is 38.4 Å². The fourth-order valence-corrected chi connectivity index (χ4v) is 12.8. The fourth-order valence-electron chi connectivity index (χ4n) is 12.8. The van der Waals surface area contributed by atoms with Gasteiger partial charge in [0.05, 0.1) is 104 Å². The molecule has 6 aromatic rings. The summed E-state index contributed by atoms with van der Waals surface area (Å²) < 4.78 is 43.0. The lowest BCUT2D eigenvalue weighted by Gasteiger charge is -2.34. The zero-order valence-electron chi connectivity index (χ0n) is 73.3. The number of aromatic amines is 2. The van der Waals surface area contributed by atoms with Crippen LogP contribution in [0.2, 0.25) is 0 Å². The molecule has 0 radical (unpaired) electrons. The largest absolute Gasteiger partial charge is 0.494 e. The van der Waals surface area contributed by atoms with Crippen LogP contribution >= 0.6 is 0 Å². The van der Waals surface area contributed by atoms with E-state index >= 15 is 4.39 Å². The number of hydrogen-bond donors (Lipinski definition) is 19. The maximum Gasteiger partial charge on any atom is 0.305 e. The number of aryl methyl sites for hydroxylation is 2. The number of primary amides is 1. The summed E-state index contributed by atoms with van der Waals surface area (Å²) in [5, 5.41) is 95.1. The van der Waals surface area contributed by atoms with Gasteiger partial charge in [0.2, 0.25) is 70.9 Å². The predicted octanol–water partition coefficient (Wildman–Crippen LogP) is -1.64. The number of aliphatic carboxylic acids is 1. The molecule has 0 saturated carbocycles. The highest BCUT2D eigenvalue weighted by Crippen LogP contribution is 2.30. The Morgan fingerprint density at radius 2 is 1.22 bits per heavy atom. The minimum Gasteiger partial charge on any atom is -0.494 e. The first-order valence-electron chi connectivity index (χ1n) is 42.2. The van der Waals surface area contributed by atoms with Crippen LogP contribution in [0.3, 0.4) is 0 Å². The third kappa shape index (κ3) is 36.6. The van der Waals surface area contributed by atoms with Gasteiger partial charge in [0.1, 0.15) is 64.8 Å². The van der Waals surface area contributed by atoms with E-state index in [0.717, 1.165) is 54.7 Å². The first-order valence-corrected chi connectivity index (χ1v) is 42.2. The Morgan fingerprint density at radius 1 is 0.608 bits per heavy atom. The van der Waals surface area contributed by atoms with Gasteiger partial charge in [-0.05, 0) is 136 Å². The molecule has 4 aromatic carbocycles. The van der Waals surface area contributed by atoms with E-state index in [1.807, 2.05) is 43.3 Å². The van der Waals surface area contributed by atoms with Crippen LogP contribution in [0.1, 0.15) is 119 Å². The van der Waals surface area contributed by atoms with Gasteiger partial charge in [0, 0.05) is 68.5 Å². The Bertz CT molecular complexity index is 4700. The van der Waals surface area contributed by atoms with E-state index in [-0.39, 0.29) is 82.5 Å². The molecule has 0 aliphatic carbocycles. The number of tetrazole rings is 1. The van der Waals surface area contributed by atoms with Gasteiger partial charge in [-0.3, -0.25) is 62.3 Å². The number of nitrogens with one attached hydrogen (secondary N) is 13. The molecule has 2 heterocycles. The lowest BCUT2D eigenvalue weighted by Crippen LogP contribution is -2.67. The molecule has 0 aliphatic heterocycles. The van der Waals surface area contributed by atoms with Crippen molar-refractivity contribution in [3.05, 3.63) is 159 Å². The van der Waals surface area contributed by atoms with Crippen LogP contribution in [-0.4, -0.2) is 285 Å². The highest BCUT2D eigenvalue weighted by Gasteiger charge is 2.44. The normalized spacial score (nSPS) is 13.8. The van der Waals surface area contributed by atoms with Gasteiger partial charge in [0.25, 0.3) is 0 Å². The van der Waals surface area contributed by atoms with Gasteiger partial charge >= 0.3 is 5.97 Å². The van der Waals surface area contributed by atoms with Crippen LogP contribution in [0.15, 0.2) is 109 Å². The number of rotatable bonds is 62. The van der Waals surface area contributed by atoms with Crippen molar-refractivity contribution in [2.45, 2.75) is 185 Å². The van der Waals surface area contributed by atoms with Crippen molar-refractivity contribution < 1.29 is 116 Å². The molecule has 0 fully saturated rings. The third-order valence-corrected chi connectivity index (χ3v) is 20.3. The van der Waals surface area contributed by atoms with E-state index in [0.29, 0.717) is 95.3 Å². The van der Waals surface area contributed by atoms with E-state index in [2.05, 4.69) is 99.1 Å². The number of benzene rings is 4. The number of aliphatic hydroxyl groups excluding tert-OH is 4. The highest BCUT2D eigenvalue weighted by molar-refractivity contribution is 6.06. The van der Waals surface area contributed by atoms with Crippen molar-refractivity contribution in [3.8, 4) is 16.9 Å². The summed E-state index contributed by atoms with van der Waals surface area (Å²) >= 11 is 0. The predicted molar refractivity (Wildman–Crippen MR) is 462 cm³/mol. The van der Waals surface area contributed by atoms with Crippen molar-refractivity contribution in [2.24, 2.45) is 16.3 Å². The number of halogens is 1. The summed E-state index contributed by atoms with van der Waals surface area (Å²) in [4.78, 5) is 189. The molecule has 0 saturated heterocycles. The zero-order valence-corrected chi connectivity index (χ0v) is 73.3. The minimum atomic E-state index is -2.43. The third-order valence-electron chi connectivity index (χ3n) is 20.3. The van der Waals surface area contributed by atoms with Crippen LogP contribution in [-0.2, 0) is 126 Å². The lowest BCUT2D eigenvalue weighted by atomic mass is 9.90. The minimum absolute atomic E-state index is 0.0205. The molecule has 45 heteroatoms. The van der Waals surface area contributed by atoms with Crippen LogP contribution in [0, 0.1) is 11.2 Å². The summed E-state index contributed by atoms with van der Waals surface area (Å²) in [7, 11) is 0. The number of nitrogens with two attached hydrogens (primary N) is 1. The molecule has 6 rings (SSSR count). The number of carbonyl (C=O) groups excluding carboxylic acids is 12. The van der Waals surface area contributed by atoms with Crippen LogP contribution < -0.4 is 69.0 Å². The number of unbranched alkanes of at least 4 members (excludes halogenated alkanes) is 1. The SMILES string of the molecule is CCc1cc(OCCCCN=[N+]=[N-])ccc1-c1ccc(C[C@H](NC(=O)[C@H](CC(=O)O)NC(=O)[C@H](CO)NC(=O)[C@@H](NC(=O)[C@](C)(Cc2ccccc2F)NC(=O)[C@@H](NC(=O)CNC(=O)[C@H](Cc2nn[nH]n2)NC(=O)C(C)(C)C(=O)NCCc2cnc[nH]2)[C@@H](C)O)[C@@H](C)O)C(=O)N[C@@H](CCCc2ccc(CNC(=O)CCOCCOCCOCCOCCO)cc2)C(N)=O)cc1. The van der Waals surface area contributed by atoms with Gasteiger partial charge in [-0.2, -0.15) is 5.21 Å². The van der Waals surface area contributed by atoms with Crippen molar-refractivity contribution in [3.63, 3.8) is 0 Å². The molecule has 0 spiro atoms. The number of carboxylic acids is 1. The van der Waals surface area contributed by atoms with E-state index in [4.69, 9.17) is 40.1 Å². The van der Waals surface area contributed by atoms with Crippen molar-refractivity contribution in [1.29, 1.82) is 0 Å². The average Bonchev–Trinajstić information content (AvgIpc) is 0.845. The number of ether oxygens (including phenoxy) is 5. The summed E-state index contributed by atoms with van der Waals surface area (Å²) in [6, 6.07) is 11.7. The number of hydrogen-bond acceptors (Lipinski definition) is 27. The Labute approximate surface area is 748 Å². The van der Waals surface area contributed by atoms with Gasteiger partial charge < -0.3 is 118 Å². The molecule has 0 unspecified atom stereocenters. The Morgan fingerprint density at radius 3 is 1.84 bits per heavy atom. The van der Waals surface area contributed by atoms with Gasteiger partial charge in [0.15, 0.2) is 5.82 Å². The average molecular weight is 1820 g/mol. The lowest BCUT2D eigenvalue weighted by molar-refractivity contribution is -0.143. The van der Waals surface area contributed by atoms with Crippen LogP contribution in [0.5, 0.6) is 5.75 Å². The standard InChI is InChI=1S/C85H118FN21O23/c1-7-56-42-60(130-32-11-10-29-94-105-88)25-26-61(56)57-23-21-54(22-24-57)41-64(76(118)95-63(74(87)116)16-12-13-53-17-19-55(20-18-53)46-91-69(112)28-33-126-35-37-128-39-40-129-38-36-127-34-31-108)96-77(119)66(44-71(114)115)97-78(120)67(49-109)98-79(121)72(51(2)110)101-83(125)85(6,45-58-14-8-9-15-62(58)86)102-80(122)73(52(3)111)100-70(113)48-92-75(117)65(43-68-103-106-107-104-68)99-82(124)84(4,5)81(123)90-30-27-59-47-89-50-93-59/h8-9,14-15,17-26,42,47,50-52,63-67,72-73,108-111H,7,10-13,16,27-41,43-46,48-49H2,1-6H3,(H2,87,116)(H,89,93)(H,90,123)(H,91,112)(H,92,117)(H,95,118)(H,96,119)(H,97,120)(H,98,121)(H,99,124)(H,100,113)(H,101,125)(H,102,122)(H,114,115)(H,103,104,106,107)/t51-,52-,63+,64+,65+,66+,67+,72+,73+,85+/m1/s1. The maximum atomic E-state index is 15.6. The molecule has 0 bridgehead atoms. The second-order valence-electron chi connectivity index (χ2n) is 31.0. The molecule has 12 amide bonds. The van der Waals surface area contributed by atoms with Crippen LogP contribution in [0.25, 0.3) is 21.6 Å². The first kappa shape index (κ1) is 106. The first-order chi connectivity index (χ1) is 62.2. The second kappa shape index (κ2) is 55.7. The molecule has 130 heavy (non-hydrogen) atoms. The number of nitrogens with zero attached hydrogens (tertiary/aromatic N) is 7. The summed E-state index contributed by atoms with van der Waals surface area (Å²) in [5.41, 5.74) is 15.3. The second-order valence-corrected chi connectivity index (χ2v) is 31.0. The molecule has 708 valence electrons. The Hall–Kier alpha value is -13.0. The van der Waals surface area contributed by atoms with Gasteiger partial charge in [-0.1, -0.05) is 90.0 Å². The quantitative estimate of drug-likeness (QED) is 0.00669. The molecular formula is C85H118FN21O23. The number of amides is 12. The molecule has 44 nitrogen and oxygen atoms in total. The summed E-state index contributed by atoms with van der Waals surface area (Å²) in [5.74, 6) is -14.9. The fraction of sp³-hybridized carbons (Fsp3) is 0.518. The molecule has 20 N–H and O–H groups in total. The number of H-pyrrole nitrogens is 2.